The van der Waals surface area contributed by atoms with E-state index in [2.05, 4.69) is 33.4 Å². The number of halogens is 1. The summed E-state index contributed by atoms with van der Waals surface area (Å²) in [6.45, 7) is 0.160. The van der Waals surface area contributed by atoms with Gasteiger partial charge in [0, 0.05) is 10.5 Å². The van der Waals surface area contributed by atoms with Crippen LogP contribution in [0.15, 0.2) is 28.7 Å². The second-order valence-corrected chi connectivity index (χ2v) is 5.71. The number of hydrogen-bond donors (Lipinski definition) is 2. The molecule has 17 heavy (non-hydrogen) atoms. The van der Waals surface area contributed by atoms with Crippen LogP contribution in [0.1, 0.15) is 43.7 Å². The van der Waals surface area contributed by atoms with E-state index in [1.165, 1.54) is 32.1 Å². The monoisotopic (exact) mass is 297 g/mol. The molecule has 2 N–H and O–H groups in total. The molecule has 1 aromatic carbocycles. The average molecular weight is 298 g/mol. The van der Waals surface area contributed by atoms with Crippen molar-refractivity contribution >= 4 is 15.9 Å². The lowest BCUT2D eigenvalue weighted by atomic mass is 9.94. The van der Waals surface area contributed by atoms with Crippen LogP contribution in [0.2, 0.25) is 0 Å². The van der Waals surface area contributed by atoms with Crippen molar-refractivity contribution in [2.24, 2.45) is 0 Å². The van der Waals surface area contributed by atoms with Gasteiger partial charge in [0.05, 0.1) is 12.6 Å². The fourth-order valence-corrected chi connectivity index (χ4v) is 2.95. The van der Waals surface area contributed by atoms with E-state index in [-0.39, 0.29) is 12.6 Å². The first-order chi connectivity index (χ1) is 8.29. The maximum Gasteiger partial charge on any atom is 0.0626 e. The van der Waals surface area contributed by atoms with Crippen molar-refractivity contribution in [1.82, 2.24) is 5.32 Å². The maximum absolute atomic E-state index is 9.52. The van der Waals surface area contributed by atoms with Crippen LogP contribution in [0.3, 0.4) is 0 Å². The Labute approximate surface area is 112 Å². The lowest BCUT2D eigenvalue weighted by Crippen LogP contribution is -2.36. The van der Waals surface area contributed by atoms with E-state index in [1.54, 1.807) is 0 Å². The molecule has 0 radical (unpaired) electrons. The Balaban J connectivity index is 2.00. The zero-order chi connectivity index (χ0) is 12.1. The minimum atomic E-state index is 0.0654. The molecule has 1 aromatic rings. The van der Waals surface area contributed by atoms with Crippen molar-refractivity contribution in [3.05, 3.63) is 34.3 Å². The van der Waals surface area contributed by atoms with E-state index in [0.29, 0.717) is 6.04 Å². The van der Waals surface area contributed by atoms with Crippen molar-refractivity contribution in [3.63, 3.8) is 0 Å². The Morgan fingerprint density at radius 3 is 2.71 bits per heavy atom. The van der Waals surface area contributed by atoms with Crippen LogP contribution in [0.25, 0.3) is 0 Å². The number of benzene rings is 1. The predicted molar refractivity (Wildman–Crippen MR) is 74.0 cm³/mol. The molecule has 1 unspecified atom stereocenters. The molecule has 1 aliphatic rings. The lowest BCUT2D eigenvalue weighted by molar-refractivity contribution is 0.220. The molecule has 0 amide bonds. The summed E-state index contributed by atoms with van der Waals surface area (Å²) in [5, 5.41) is 13.1. The molecule has 94 valence electrons. The van der Waals surface area contributed by atoms with Gasteiger partial charge in [-0.3, -0.25) is 0 Å². The SMILES string of the molecule is OCC(NC1CCCCC1)c1cccc(Br)c1. The lowest BCUT2D eigenvalue weighted by Gasteiger charge is -2.28. The fourth-order valence-electron chi connectivity index (χ4n) is 2.53. The normalized spacial score (nSPS) is 19.2. The van der Waals surface area contributed by atoms with Gasteiger partial charge in [0.1, 0.15) is 0 Å². The first-order valence-electron chi connectivity index (χ1n) is 6.42. The van der Waals surface area contributed by atoms with E-state index in [1.807, 2.05) is 12.1 Å². The van der Waals surface area contributed by atoms with E-state index >= 15 is 0 Å². The van der Waals surface area contributed by atoms with Crippen LogP contribution in [0, 0.1) is 0 Å². The summed E-state index contributed by atoms with van der Waals surface area (Å²) in [6.07, 6.45) is 6.47. The third kappa shape index (κ3) is 3.80. The molecule has 1 saturated carbocycles. The summed E-state index contributed by atoms with van der Waals surface area (Å²) in [4.78, 5) is 0. The predicted octanol–water partition coefficient (Wildman–Crippen LogP) is 3.40. The van der Waals surface area contributed by atoms with Gasteiger partial charge < -0.3 is 10.4 Å². The molecule has 0 aromatic heterocycles. The standard InChI is InChI=1S/C14H20BrNO/c15-12-6-4-5-11(9-12)14(10-17)16-13-7-2-1-3-8-13/h4-6,9,13-14,16-17H,1-3,7-8,10H2. The highest BCUT2D eigenvalue weighted by molar-refractivity contribution is 9.10. The summed E-state index contributed by atoms with van der Waals surface area (Å²) in [7, 11) is 0. The van der Waals surface area contributed by atoms with Crippen LogP contribution >= 0.6 is 15.9 Å². The molecule has 1 aliphatic carbocycles. The van der Waals surface area contributed by atoms with Crippen LogP contribution < -0.4 is 5.32 Å². The van der Waals surface area contributed by atoms with Gasteiger partial charge in [0.2, 0.25) is 0 Å². The van der Waals surface area contributed by atoms with E-state index < -0.39 is 0 Å². The van der Waals surface area contributed by atoms with Gasteiger partial charge in [0.15, 0.2) is 0 Å². The highest BCUT2D eigenvalue weighted by Gasteiger charge is 2.18. The van der Waals surface area contributed by atoms with E-state index in [4.69, 9.17) is 0 Å². The topological polar surface area (TPSA) is 32.3 Å². The second kappa shape index (κ2) is 6.53. The molecule has 0 bridgehead atoms. The number of nitrogens with one attached hydrogen (secondary N) is 1. The Morgan fingerprint density at radius 1 is 1.29 bits per heavy atom. The van der Waals surface area contributed by atoms with Crippen LogP contribution in [-0.2, 0) is 0 Å². The van der Waals surface area contributed by atoms with Crippen molar-refractivity contribution < 1.29 is 5.11 Å². The molecule has 0 heterocycles. The zero-order valence-corrected chi connectivity index (χ0v) is 11.6. The molecule has 1 atom stereocenters. The van der Waals surface area contributed by atoms with E-state index in [9.17, 15) is 5.11 Å². The number of aliphatic hydroxyl groups excluding tert-OH is 1. The molecule has 0 spiro atoms. The maximum atomic E-state index is 9.52. The Kier molecular flexibility index (Phi) is 5.01. The Hall–Kier alpha value is -0.380. The van der Waals surface area contributed by atoms with Gasteiger partial charge in [-0.2, -0.15) is 0 Å². The highest BCUT2D eigenvalue weighted by Crippen LogP contribution is 2.23. The highest BCUT2D eigenvalue weighted by atomic mass is 79.9. The van der Waals surface area contributed by atoms with Crippen LogP contribution in [0.5, 0.6) is 0 Å². The molecule has 0 aliphatic heterocycles. The van der Waals surface area contributed by atoms with Crippen molar-refractivity contribution in [2.75, 3.05) is 6.61 Å². The zero-order valence-electron chi connectivity index (χ0n) is 10.0. The van der Waals surface area contributed by atoms with Crippen LogP contribution in [-0.4, -0.2) is 17.8 Å². The van der Waals surface area contributed by atoms with Crippen molar-refractivity contribution in [1.29, 1.82) is 0 Å². The van der Waals surface area contributed by atoms with Gasteiger partial charge in [-0.25, -0.2) is 0 Å². The van der Waals surface area contributed by atoms with Gasteiger partial charge in [-0.15, -0.1) is 0 Å². The van der Waals surface area contributed by atoms with Crippen LogP contribution in [0.4, 0.5) is 0 Å². The summed E-state index contributed by atoms with van der Waals surface area (Å²) in [6, 6.07) is 8.82. The molecule has 2 nitrogen and oxygen atoms in total. The average Bonchev–Trinajstić information content (AvgIpc) is 2.37. The molecular formula is C14H20BrNO. The van der Waals surface area contributed by atoms with Gasteiger partial charge in [-0.1, -0.05) is 47.3 Å². The minimum absolute atomic E-state index is 0.0654. The molecule has 3 heteroatoms. The molecule has 0 saturated heterocycles. The van der Waals surface area contributed by atoms with E-state index in [0.717, 1.165) is 10.0 Å². The largest absolute Gasteiger partial charge is 0.394 e. The Morgan fingerprint density at radius 2 is 2.06 bits per heavy atom. The summed E-state index contributed by atoms with van der Waals surface area (Å²) in [5.74, 6) is 0. The minimum Gasteiger partial charge on any atom is -0.394 e. The molecule has 1 fully saturated rings. The first kappa shape index (κ1) is 13.1. The molecular weight excluding hydrogens is 278 g/mol. The van der Waals surface area contributed by atoms with Gasteiger partial charge >= 0.3 is 0 Å². The summed E-state index contributed by atoms with van der Waals surface area (Å²) < 4.78 is 1.07. The van der Waals surface area contributed by atoms with Gasteiger partial charge in [0.25, 0.3) is 0 Å². The Bertz CT molecular complexity index is 350. The van der Waals surface area contributed by atoms with Gasteiger partial charge in [-0.05, 0) is 30.5 Å². The smallest absolute Gasteiger partial charge is 0.0626 e. The first-order valence-corrected chi connectivity index (χ1v) is 7.21. The number of hydrogen-bond acceptors (Lipinski definition) is 2. The molecule has 2 rings (SSSR count). The number of rotatable bonds is 4. The third-order valence-electron chi connectivity index (χ3n) is 3.48. The number of aliphatic hydroxyl groups is 1. The fraction of sp³-hybridized carbons (Fsp3) is 0.571. The van der Waals surface area contributed by atoms with Crippen molar-refractivity contribution in [2.45, 2.75) is 44.2 Å². The van der Waals surface area contributed by atoms with Crippen molar-refractivity contribution in [3.8, 4) is 0 Å². The quantitative estimate of drug-likeness (QED) is 0.893. The second-order valence-electron chi connectivity index (χ2n) is 4.79. The summed E-state index contributed by atoms with van der Waals surface area (Å²) >= 11 is 3.48. The third-order valence-corrected chi connectivity index (χ3v) is 3.97. The summed E-state index contributed by atoms with van der Waals surface area (Å²) in [5.41, 5.74) is 1.16.